The summed E-state index contributed by atoms with van der Waals surface area (Å²) in [4.78, 5) is 24.6. The fraction of sp³-hybridized carbons (Fsp3) is 0.176. The van der Waals surface area contributed by atoms with Crippen LogP contribution < -0.4 is 15.5 Å². The summed E-state index contributed by atoms with van der Waals surface area (Å²) >= 11 is 0. The van der Waals surface area contributed by atoms with E-state index in [0.717, 1.165) is 4.57 Å². The molecule has 0 atom stereocenters. The number of fused-ring (bicyclic) bond motifs is 1. The largest absolute Gasteiger partial charge is 0.543 e. The first-order chi connectivity index (χ1) is 11.3. The van der Waals surface area contributed by atoms with E-state index < -0.39 is 20.1 Å². The molecule has 1 aromatic heterocycles. The summed E-state index contributed by atoms with van der Waals surface area (Å²) in [5.41, 5.74) is 1.30. The van der Waals surface area contributed by atoms with Crippen molar-refractivity contribution >= 4 is 31.1 Å². The molecule has 6 nitrogen and oxygen atoms in total. The SMILES string of the molecule is C[Si](C)(C)Oc1ccccc1NC(=O)n1c(=O)oc2ccccc21. The predicted molar refractivity (Wildman–Crippen MR) is 95.3 cm³/mol. The summed E-state index contributed by atoms with van der Waals surface area (Å²) in [6.07, 6.45) is 0. The van der Waals surface area contributed by atoms with Crippen LogP contribution in [0.5, 0.6) is 5.75 Å². The van der Waals surface area contributed by atoms with Crippen molar-refractivity contribution in [2.75, 3.05) is 5.32 Å². The molecule has 3 rings (SSSR count). The highest BCUT2D eigenvalue weighted by atomic mass is 28.4. The van der Waals surface area contributed by atoms with Gasteiger partial charge in [-0.05, 0) is 43.9 Å². The minimum absolute atomic E-state index is 0.365. The van der Waals surface area contributed by atoms with E-state index in [-0.39, 0.29) is 0 Å². The second-order valence-corrected chi connectivity index (χ2v) is 10.7. The van der Waals surface area contributed by atoms with Crippen molar-refractivity contribution in [1.29, 1.82) is 0 Å². The van der Waals surface area contributed by atoms with Crippen LogP contribution in [0.4, 0.5) is 10.5 Å². The molecule has 1 amide bonds. The summed E-state index contributed by atoms with van der Waals surface area (Å²) in [5.74, 6) is -0.136. The monoisotopic (exact) mass is 342 g/mol. The van der Waals surface area contributed by atoms with Gasteiger partial charge in [-0.25, -0.2) is 9.59 Å². The molecule has 0 radical (unpaired) electrons. The van der Waals surface area contributed by atoms with Gasteiger partial charge in [-0.1, -0.05) is 24.3 Å². The van der Waals surface area contributed by atoms with Crippen LogP contribution >= 0.6 is 0 Å². The fourth-order valence-corrected chi connectivity index (χ4v) is 3.16. The van der Waals surface area contributed by atoms with Gasteiger partial charge >= 0.3 is 11.8 Å². The van der Waals surface area contributed by atoms with Gasteiger partial charge in [0.25, 0.3) is 0 Å². The Hall–Kier alpha value is -2.80. The van der Waals surface area contributed by atoms with E-state index in [1.54, 1.807) is 42.5 Å². The molecule has 0 bridgehead atoms. The Balaban J connectivity index is 1.96. The van der Waals surface area contributed by atoms with E-state index in [0.29, 0.717) is 22.5 Å². The van der Waals surface area contributed by atoms with Crippen molar-refractivity contribution in [3.05, 3.63) is 59.1 Å². The Labute approximate surface area is 139 Å². The minimum atomic E-state index is -1.84. The Morgan fingerprint density at radius 2 is 1.75 bits per heavy atom. The van der Waals surface area contributed by atoms with E-state index in [9.17, 15) is 9.59 Å². The van der Waals surface area contributed by atoms with Crippen molar-refractivity contribution in [2.24, 2.45) is 0 Å². The van der Waals surface area contributed by atoms with Gasteiger partial charge in [0.2, 0.25) is 8.32 Å². The fourth-order valence-electron chi connectivity index (χ4n) is 2.32. The zero-order valence-corrected chi connectivity index (χ0v) is 14.7. The van der Waals surface area contributed by atoms with E-state index >= 15 is 0 Å². The summed E-state index contributed by atoms with van der Waals surface area (Å²) in [7, 11) is -1.84. The Kier molecular flexibility index (Phi) is 4.02. The number of hydrogen-bond acceptors (Lipinski definition) is 4. The summed E-state index contributed by atoms with van der Waals surface area (Å²) in [6, 6.07) is 13.4. The normalized spacial score (nSPS) is 11.5. The molecule has 0 aliphatic rings. The topological polar surface area (TPSA) is 73.5 Å². The molecular weight excluding hydrogens is 324 g/mol. The average Bonchev–Trinajstić information content (AvgIpc) is 2.83. The van der Waals surface area contributed by atoms with Crippen molar-refractivity contribution in [3.63, 3.8) is 0 Å². The number of amides is 1. The molecule has 0 saturated heterocycles. The van der Waals surface area contributed by atoms with Gasteiger partial charge < -0.3 is 14.2 Å². The maximum atomic E-state index is 12.6. The number of para-hydroxylation sites is 4. The number of carbonyl (C=O) groups is 1. The highest BCUT2D eigenvalue weighted by Gasteiger charge is 2.20. The van der Waals surface area contributed by atoms with E-state index in [4.69, 9.17) is 8.84 Å². The van der Waals surface area contributed by atoms with Crippen molar-refractivity contribution in [3.8, 4) is 5.75 Å². The maximum Gasteiger partial charge on any atom is 0.428 e. The number of nitrogens with one attached hydrogen (secondary N) is 1. The van der Waals surface area contributed by atoms with Crippen LogP contribution in [0.25, 0.3) is 11.1 Å². The smallest absolute Gasteiger partial charge is 0.428 e. The summed E-state index contributed by atoms with van der Waals surface area (Å²) < 4.78 is 12.0. The number of anilines is 1. The molecule has 24 heavy (non-hydrogen) atoms. The number of rotatable bonds is 3. The summed E-state index contributed by atoms with van der Waals surface area (Å²) in [5, 5.41) is 2.73. The van der Waals surface area contributed by atoms with Crippen molar-refractivity contribution in [1.82, 2.24) is 4.57 Å². The second-order valence-electron chi connectivity index (χ2n) is 6.31. The van der Waals surface area contributed by atoms with Gasteiger partial charge in [-0.3, -0.25) is 0 Å². The van der Waals surface area contributed by atoms with Crippen LogP contribution in [0.2, 0.25) is 19.6 Å². The molecule has 0 saturated carbocycles. The third-order valence-corrected chi connectivity index (χ3v) is 4.07. The first-order valence-corrected chi connectivity index (χ1v) is 11.0. The van der Waals surface area contributed by atoms with Crippen molar-refractivity contribution < 1.29 is 13.6 Å². The molecule has 124 valence electrons. The second kappa shape index (κ2) is 6.01. The van der Waals surface area contributed by atoms with Gasteiger partial charge in [0.05, 0.1) is 11.2 Å². The Bertz CT molecular complexity index is 953. The number of hydrogen-bond donors (Lipinski definition) is 1. The van der Waals surface area contributed by atoms with Crippen LogP contribution in [0, 0.1) is 0 Å². The average molecular weight is 342 g/mol. The molecule has 0 aliphatic carbocycles. The van der Waals surface area contributed by atoms with Gasteiger partial charge in [0.1, 0.15) is 5.75 Å². The quantitative estimate of drug-likeness (QED) is 0.733. The molecule has 0 spiro atoms. The third kappa shape index (κ3) is 3.25. The third-order valence-electron chi connectivity index (χ3n) is 3.23. The van der Waals surface area contributed by atoms with Gasteiger partial charge in [-0.2, -0.15) is 4.57 Å². The molecule has 3 aromatic rings. The van der Waals surface area contributed by atoms with E-state index in [1.165, 1.54) is 0 Å². The van der Waals surface area contributed by atoms with Crippen molar-refractivity contribution in [2.45, 2.75) is 19.6 Å². The zero-order chi connectivity index (χ0) is 17.3. The van der Waals surface area contributed by atoms with E-state index in [1.807, 2.05) is 6.07 Å². The predicted octanol–water partition coefficient (Wildman–Crippen LogP) is 3.89. The van der Waals surface area contributed by atoms with Crippen LogP contribution in [-0.4, -0.2) is 18.9 Å². The minimum Gasteiger partial charge on any atom is -0.543 e. The lowest BCUT2D eigenvalue weighted by molar-refractivity contribution is 0.252. The highest BCUT2D eigenvalue weighted by Crippen LogP contribution is 2.27. The molecule has 2 aromatic carbocycles. The lowest BCUT2D eigenvalue weighted by atomic mass is 10.3. The molecule has 0 fully saturated rings. The first kappa shape index (κ1) is 16.1. The molecule has 1 heterocycles. The number of aromatic nitrogens is 1. The molecular formula is C17H18N2O4Si. The standard InChI is InChI=1S/C17H18N2O4Si/c1-24(2,3)23-14-10-6-4-8-12(14)18-16(20)19-13-9-5-7-11-15(13)22-17(19)21/h4-11H,1-3H3,(H,18,20). The number of benzene rings is 2. The van der Waals surface area contributed by atoms with Gasteiger partial charge in [0, 0.05) is 0 Å². The molecule has 0 aliphatic heterocycles. The lowest BCUT2D eigenvalue weighted by Crippen LogP contribution is -2.31. The number of carbonyl (C=O) groups excluding carboxylic acids is 1. The van der Waals surface area contributed by atoms with Crippen LogP contribution in [0.15, 0.2) is 57.7 Å². The lowest BCUT2D eigenvalue weighted by Gasteiger charge is -2.21. The highest BCUT2D eigenvalue weighted by molar-refractivity contribution is 6.70. The van der Waals surface area contributed by atoms with Crippen LogP contribution in [0.1, 0.15) is 0 Å². The molecule has 0 unspecified atom stereocenters. The van der Waals surface area contributed by atoms with Gasteiger partial charge in [0.15, 0.2) is 5.58 Å². The Morgan fingerprint density at radius 3 is 2.50 bits per heavy atom. The van der Waals surface area contributed by atoms with Gasteiger partial charge in [-0.15, -0.1) is 0 Å². The van der Waals surface area contributed by atoms with E-state index in [2.05, 4.69) is 25.0 Å². The number of nitrogens with zero attached hydrogens (tertiary/aromatic N) is 1. The number of oxazole rings is 1. The van der Waals surface area contributed by atoms with Crippen LogP contribution in [-0.2, 0) is 0 Å². The maximum absolute atomic E-state index is 12.6. The molecule has 7 heteroatoms. The zero-order valence-electron chi connectivity index (χ0n) is 13.7. The Morgan fingerprint density at radius 1 is 1.08 bits per heavy atom. The van der Waals surface area contributed by atoms with Crippen LogP contribution in [0.3, 0.4) is 0 Å². The first-order valence-electron chi connectivity index (χ1n) is 7.55. The molecule has 1 N–H and O–H groups in total. The summed E-state index contributed by atoms with van der Waals surface area (Å²) in [6.45, 7) is 6.17.